The second kappa shape index (κ2) is 6.44. The summed E-state index contributed by atoms with van der Waals surface area (Å²) < 4.78 is 5.08. The molecule has 0 aliphatic carbocycles. The van der Waals surface area contributed by atoms with E-state index in [1.807, 2.05) is 6.07 Å². The fraction of sp³-hybridized carbons (Fsp3) is 0.143. The topological polar surface area (TPSA) is 41.5 Å². The van der Waals surface area contributed by atoms with E-state index in [0.29, 0.717) is 27.9 Å². The molecule has 0 atom stereocenters. The quantitative estimate of drug-likeness (QED) is 0.830. The van der Waals surface area contributed by atoms with E-state index in [1.54, 1.807) is 25.3 Å². The Morgan fingerprint density at radius 2 is 1.85 bits per heavy atom. The minimum absolute atomic E-state index is 0.0168. The lowest BCUT2D eigenvalue weighted by Crippen LogP contribution is -2.00. The van der Waals surface area contributed by atoms with Crippen LogP contribution in [0, 0.1) is 0 Å². The predicted octanol–water partition coefficient (Wildman–Crippen LogP) is 4.97. The highest BCUT2D eigenvalue weighted by Crippen LogP contribution is 2.32. The number of hydrogen-bond donors (Lipinski definition) is 2. The van der Waals surface area contributed by atoms with Crippen molar-refractivity contribution in [2.24, 2.45) is 0 Å². The summed E-state index contributed by atoms with van der Waals surface area (Å²) in [4.78, 5) is 0. The first-order chi connectivity index (χ1) is 9.51. The van der Waals surface area contributed by atoms with Crippen LogP contribution in [0.5, 0.6) is 11.5 Å². The van der Waals surface area contributed by atoms with Gasteiger partial charge in [-0.3, -0.25) is 0 Å². The van der Waals surface area contributed by atoms with Gasteiger partial charge >= 0.3 is 0 Å². The maximum absolute atomic E-state index is 9.86. The molecule has 106 valence electrons. The van der Waals surface area contributed by atoms with Crippen LogP contribution in [-0.2, 0) is 6.54 Å². The smallest absolute Gasteiger partial charge is 0.139 e. The summed E-state index contributed by atoms with van der Waals surface area (Å²) in [5.74, 6) is 0.619. The van der Waals surface area contributed by atoms with Gasteiger partial charge in [-0.15, -0.1) is 0 Å². The highest BCUT2D eigenvalue weighted by atomic mass is 35.5. The van der Waals surface area contributed by atoms with Gasteiger partial charge in [-0.1, -0.05) is 34.8 Å². The van der Waals surface area contributed by atoms with Crippen molar-refractivity contribution in [1.29, 1.82) is 0 Å². The molecule has 0 radical (unpaired) electrons. The van der Waals surface area contributed by atoms with E-state index in [0.717, 1.165) is 5.69 Å². The first-order valence-electron chi connectivity index (χ1n) is 5.75. The van der Waals surface area contributed by atoms with E-state index in [9.17, 15) is 5.11 Å². The Balaban J connectivity index is 2.15. The zero-order valence-corrected chi connectivity index (χ0v) is 12.9. The monoisotopic (exact) mass is 331 g/mol. The first kappa shape index (κ1) is 15.1. The van der Waals surface area contributed by atoms with Crippen molar-refractivity contribution < 1.29 is 9.84 Å². The molecule has 0 bridgehead atoms. The molecule has 0 amide bonds. The van der Waals surface area contributed by atoms with Crippen LogP contribution in [0.15, 0.2) is 30.3 Å². The van der Waals surface area contributed by atoms with Gasteiger partial charge in [-0.25, -0.2) is 0 Å². The standard InChI is InChI=1S/C14H12Cl3NO2/c1-20-13-3-2-10(6-11(13)16)18-7-8-4-9(15)5-12(17)14(8)19/h2-6,18-19H,7H2,1H3. The van der Waals surface area contributed by atoms with Crippen LogP contribution in [-0.4, -0.2) is 12.2 Å². The van der Waals surface area contributed by atoms with Crippen molar-refractivity contribution in [1.82, 2.24) is 0 Å². The zero-order valence-electron chi connectivity index (χ0n) is 10.6. The van der Waals surface area contributed by atoms with Gasteiger partial charge in [0.2, 0.25) is 0 Å². The van der Waals surface area contributed by atoms with Crippen molar-refractivity contribution in [2.45, 2.75) is 6.54 Å². The molecule has 0 saturated heterocycles. The highest BCUT2D eigenvalue weighted by Gasteiger charge is 2.08. The Kier molecular flexibility index (Phi) is 4.86. The van der Waals surface area contributed by atoms with E-state index in [-0.39, 0.29) is 10.8 Å². The normalized spacial score (nSPS) is 10.4. The lowest BCUT2D eigenvalue weighted by atomic mass is 10.2. The van der Waals surface area contributed by atoms with Crippen LogP contribution in [0.1, 0.15) is 5.56 Å². The average molecular weight is 333 g/mol. The number of anilines is 1. The fourth-order valence-corrected chi connectivity index (χ4v) is 2.52. The largest absolute Gasteiger partial charge is 0.506 e. The summed E-state index contributed by atoms with van der Waals surface area (Å²) in [5.41, 5.74) is 1.40. The molecule has 2 rings (SSSR count). The van der Waals surface area contributed by atoms with Crippen molar-refractivity contribution in [3.63, 3.8) is 0 Å². The van der Waals surface area contributed by atoms with Gasteiger partial charge in [0, 0.05) is 22.8 Å². The molecule has 2 N–H and O–H groups in total. The maximum Gasteiger partial charge on any atom is 0.139 e. The van der Waals surface area contributed by atoms with Gasteiger partial charge in [0.05, 0.1) is 17.2 Å². The Labute approximate surface area is 132 Å². The second-order valence-corrected chi connectivity index (χ2v) is 5.35. The number of benzene rings is 2. The van der Waals surface area contributed by atoms with E-state index in [1.165, 1.54) is 6.07 Å². The van der Waals surface area contributed by atoms with Crippen molar-refractivity contribution in [3.8, 4) is 11.5 Å². The van der Waals surface area contributed by atoms with Gasteiger partial charge in [0.15, 0.2) is 0 Å². The van der Waals surface area contributed by atoms with Gasteiger partial charge < -0.3 is 15.2 Å². The predicted molar refractivity (Wildman–Crippen MR) is 83.5 cm³/mol. The van der Waals surface area contributed by atoms with Crippen LogP contribution >= 0.6 is 34.8 Å². The molecule has 20 heavy (non-hydrogen) atoms. The van der Waals surface area contributed by atoms with Crippen molar-refractivity contribution in [3.05, 3.63) is 51.0 Å². The minimum Gasteiger partial charge on any atom is -0.506 e. The second-order valence-electron chi connectivity index (χ2n) is 4.10. The van der Waals surface area contributed by atoms with Crippen LogP contribution in [0.2, 0.25) is 15.1 Å². The number of halogens is 3. The molecule has 6 heteroatoms. The van der Waals surface area contributed by atoms with Gasteiger partial charge in [0.1, 0.15) is 11.5 Å². The van der Waals surface area contributed by atoms with E-state index in [2.05, 4.69) is 5.32 Å². The maximum atomic E-state index is 9.86. The Bertz CT molecular complexity index is 632. The minimum atomic E-state index is 0.0168. The highest BCUT2D eigenvalue weighted by molar-refractivity contribution is 6.35. The molecule has 3 nitrogen and oxygen atoms in total. The Hall–Kier alpha value is -1.29. The summed E-state index contributed by atoms with van der Waals surface area (Å²) in [6, 6.07) is 8.47. The van der Waals surface area contributed by atoms with Crippen LogP contribution in [0.3, 0.4) is 0 Å². The number of phenols is 1. The summed E-state index contributed by atoms with van der Waals surface area (Å²) in [6.45, 7) is 0.370. The summed E-state index contributed by atoms with van der Waals surface area (Å²) in [7, 11) is 1.56. The van der Waals surface area contributed by atoms with Crippen molar-refractivity contribution in [2.75, 3.05) is 12.4 Å². The molecule has 0 aliphatic rings. The average Bonchev–Trinajstić information content (AvgIpc) is 2.41. The SMILES string of the molecule is COc1ccc(NCc2cc(Cl)cc(Cl)c2O)cc1Cl. The van der Waals surface area contributed by atoms with Crippen LogP contribution in [0.4, 0.5) is 5.69 Å². The number of aromatic hydroxyl groups is 1. The van der Waals surface area contributed by atoms with E-state index in [4.69, 9.17) is 39.5 Å². The Morgan fingerprint density at radius 1 is 1.10 bits per heavy atom. The summed E-state index contributed by atoms with van der Waals surface area (Å²) >= 11 is 17.8. The molecule has 2 aromatic rings. The molecule has 2 aromatic carbocycles. The molecule has 0 fully saturated rings. The molecule has 0 unspecified atom stereocenters. The fourth-order valence-electron chi connectivity index (χ4n) is 1.73. The Morgan fingerprint density at radius 3 is 2.50 bits per heavy atom. The third-order valence-electron chi connectivity index (χ3n) is 2.74. The number of hydrogen-bond acceptors (Lipinski definition) is 3. The molecule has 0 aromatic heterocycles. The van der Waals surface area contributed by atoms with Crippen LogP contribution < -0.4 is 10.1 Å². The van der Waals surface area contributed by atoms with E-state index >= 15 is 0 Å². The summed E-state index contributed by atoms with van der Waals surface area (Å²) in [5, 5.41) is 14.2. The third-order valence-corrected chi connectivity index (χ3v) is 3.54. The third kappa shape index (κ3) is 3.42. The lowest BCUT2D eigenvalue weighted by molar-refractivity contribution is 0.415. The number of phenolic OH excluding ortho intramolecular Hbond substituents is 1. The van der Waals surface area contributed by atoms with Crippen LogP contribution in [0.25, 0.3) is 0 Å². The molecular weight excluding hydrogens is 321 g/mol. The molecule has 0 spiro atoms. The first-order valence-corrected chi connectivity index (χ1v) is 6.89. The molecule has 0 heterocycles. The molecular formula is C14H12Cl3NO2. The van der Waals surface area contributed by atoms with Gasteiger partial charge in [0.25, 0.3) is 0 Å². The van der Waals surface area contributed by atoms with Gasteiger partial charge in [-0.05, 0) is 30.3 Å². The van der Waals surface area contributed by atoms with Gasteiger partial charge in [-0.2, -0.15) is 0 Å². The molecule has 0 aliphatic heterocycles. The number of rotatable bonds is 4. The molecule has 0 saturated carbocycles. The number of nitrogens with one attached hydrogen (secondary N) is 1. The number of ether oxygens (including phenoxy) is 1. The lowest BCUT2D eigenvalue weighted by Gasteiger charge is -2.11. The van der Waals surface area contributed by atoms with Crippen molar-refractivity contribution >= 4 is 40.5 Å². The zero-order chi connectivity index (χ0) is 14.7. The summed E-state index contributed by atoms with van der Waals surface area (Å²) in [6.07, 6.45) is 0. The van der Waals surface area contributed by atoms with E-state index < -0.39 is 0 Å². The number of methoxy groups -OCH3 is 1.